The second-order valence-electron chi connectivity index (χ2n) is 5.19. The molecular formula is C12H18N4O3S. The third-order valence-electron chi connectivity index (χ3n) is 3.71. The molecule has 1 aromatic rings. The number of nitrogen functional groups attached to an aromatic ring is 1. The minimum absolute atomic E-state index is 0.0113. The maximum atomic E-state index is 12.4. The third kappa shape index (κ3) is 2.64. The van der Waals surface area contributed by atoms with E-state index in [-0.39, 0.29) is 22.9 Å². The van der Waals surface area contributed by atoms with E-state index in [9.17, 15) is 8.42 Å². The van der Waals surface area contributed by atoms with Gasteiger partial charge < -0.3 is 10.2 Å². The predicted molar refractivity (Wildman–Crippen MR) is 73.2 cm³/mol. The van der Waals surface area contributed by atoms with E-state index < -0.39 is 10.0 Å². The molecule has 1 aliphatic heterocycles. The fourth-order valence-electron chi connectivity index (χ4n) is 2.60. The second-order valence-corrected chi connectivity index (χ2v) is 6.82. The number of hydrazine groups is 1. The Kier molecular flexibility index (Phi) is 3.63. The van der Waals surface area contributed by atoms with Gasteiger partial charge >= 0.3 is 0 Å². The van der Waals surface area contributed by atoms with E-state index in [1.54, 1.807) is 12.1 Å². The molecule has 20 heavy (non-hydrogen) atoms. The number of sulfonamides is 1. The van der Waals surface area contributed by atoms with Gasteiger partial charge in [0.15, 0.2) is 5.03 Å². The maximum Gasteiger partial charge on any atom is 0.260 e. The number of hydrogen-bond acceptors (Lipinski definition) is 6. The molecule has 2 atom stereocenters. The van der Waals surface area contributed by atoms with Crippen LogP contribution in [-0.4, -0.2) is 32.2 Å². The minimum Gasteiger partial charge on any atom is -0.376 e. The van der Waals surface area contributed by atoms with Gasteiger partial charge in [0.2, 0.25) is 0 Å². The number of ether oxygens (including phenoxy) is 1. The summed E-state index contributed by atoms with van der Waals surface area (Å²) in [5.74, 6) is 5.82. The van der Waals surface area contributed by atoms with Crippen LogP contribution in [0.4, 0.5) is 5.69 Å². The quantitative estimate of drug-likeness (QED) is 0.530. The van der Waals surface area contributed by atoms with Crippen LogP contribution in [0.15, 0.2) is 23.4 Å². The van der Waals surface area contributed by atoms with Crippen molar-refractivity contribution in [2.75, 3.05) is 12.0 Å². The molecule has 1 saturated heterocycles. The first-order valence-corrected chi connectivity index (χ1v) is 8.16. The van der Waals surface area contributed by atoms with E-state index in [1.165, 1.54) is 6.20 Å². The molecule has 1 saturated carbocycles. The minimum atomic E-state index is -3.71. The molecule has 0 bridgehead atoms. The number of anilines is 1. The predicted octanol–water partition coefficient (Wildman–Crippen LogP) is 0.213. The monoisotopic (exact) mass is 298 g/mol. The first-order valence-electron chi connectivity index (χ1n) is 6.67. The molecule has 1 aliphatic carbocycles. The second kappa shape index (κ2) is 5.28. The molecule has 2 aliphatic rings. The van der Waals surface area contributed by atoms with Gasteiger partial charge in [-0.2, -0.15) is 0 Å². The van der Waals surface area contributed by atoms with Gasteiger partial charge in [-0.1, -0.05) is 0 Å². The Labute approximate surface area is 117 Å². The summed E-state index contributed by atoms with van der Waals surface area (Å²) in [6.45, 7) is 0.596. The van der Waals surface area contributed by atoms with Crippen LogP contribution < -0.4 is 16.0 Å². The maximum absolute atomic E-state index is 12.4. The van der Waals surface area contributed by atoms with E-state index in [1.807, 2.05) is 0 Å². The first kappa shape index (κ1) is 13.7. The summed E-state index contributed by atoms with van der Waals surface area (Å²) in [7, 11) is -3.71. The van der Waals surface area contributed by atoms with Crippen molar-refractivity contribution in [1.82, 2.24) is 9.71 Å². The van der Waals surface area contributed by atoms with Crippen molar-refractivity contribution in [3.63, 3.8) is 0 Å². The Morgan fingerprint density at radius 2 is 2.15 bits per heavy atom. The Bertz CT molecular complexity index is 588. The van der Waals surface area contributed by atoms with E-state index in [0.717, 1.165) is 12.8 Å². The zero-order valence-electron chi connectivity index (χ0n) is 11.0. The van der Waals surface area contributed by atoms with Crippen LogP contribution in [0.5, 0.6) is 0 Å². The smallest absolute Gasteiger partial charge is 0.260 e. The fourth-order valence-corrected chi connectivity index (χ4v) is 3.98. The van der Waals surface area contributed by atoms with Crippen LogP contribution in [0.3, 0.4) is 0 Å². The molecule has 0 radical (unpaired) electrons. The lowest BCUT2D eigenvalue weighted by molar-refractivity contribution is 0.0848. The summed E-state index contributed by atoms with van der Waals surface area (Å²) in [5, 5.41) is -0.0797. The topological polar surface area (TPSA) is 106 Å². The highest BCUT2D eigenvalue weighted by atomic mass is 32.2. The number of nitrogens with zero attached hydrogens (tertiary/aromatic N) is 1. The summed E-state index contributed by atoms with van der Waals surface area (Å²) in [6, 6.07) is 3.02. The standard InChI is InChI=1S/C12H18N4O3S/c13-15-10-2-1-6-14-12(10)20(17,18)16-9-5-7-19-11(9)8-3-4-8/h1-2,6,8-9,11,15-16H,3-5,7,13H2. The van der Waals surface area contributed by atoms with Gasteiger partial charge in [0.1, 0.15) is 0 Å². The fraction of sp³-hybridized carbons (Fsp3) is 0.583. The van der Waals surface area contributed by atoms with Crippen LogP contribution in [0, 0.1) is 5.92 Å². The lowest BCUT2D eigenvalue weighted by atomic mass is 10.1. The molecule has 110 valence electrons. The Morgan fingerprint density at radius 3 is 2.85 bits per heavy atom. The van der Waals surface area contributed by atoms with Crippen molar-refractivity contribution < 1.29 is 13.2 Å². The summed E-state index contributed by atoms with van der Waals surface area (Å²) in [6.07, 6.45) is 4.34. The van der Waals surface area contributed by atoms with E-state index in [2.05, 4.69) is 15.1 Å². The molecule has 4 N–H and O–H groups in total. The summed E-state index contributed by atoms with van der Waals surface area (Å²) >= 11 is 0. The van der Waals surface area contributed by atoms with Gasteiger partial charge in [0.05, 0.1) is 17.8 Å². The number of nitrogens with two attached hydrogens (primary N) is 1. The molecule has 1 aromatic heterocycles. The molecule has 2 unspecified atom stereocenters. The van der Waals surface area contributed by atoms with Crippen molar-refractivity contribution in [2.45, 2.75) is 36.4 Å². The van der Waals surface area contributed by atoms with Gasteiger partial charge in [-0.15, -0.1) is 0 Å². The number of nitrogens with one attached hydrogen (secondary N) is 2. The van der Waals surface area contributed by atoms with E-state index in [4.69, 9.17) is 10.6 Å². The number of aromatic nitrogens is 1. The number of pyridine rings is 1. The molecule has 0 aromatic carbocycles. The lowest BCUT2D eigenvalue weighted by Crippen LogP contribution is -2.41. The Balaban J connectivity index is 1.81. The van der Waals surface area contributed by atoms with Crippen LogP contribution in [0.1, 0.15) is 19.3 Å². The SMILES string of the molecule is NNc1cccnc1S(=O)(=O)NC1CCOC1C1CC1. The first-order chi connectivity index (χ1) is 9.62. The molecule has 2 heterocycles. The van der Waals surface area contributed by atoms with Crippen LogP contribution in [0.2, 0.25) is 0 Å². The van der Waals surface area contributed by atoms with Crippen LogP contribution in [0.25, 0.3) is 0 Å². The van der Waals surface area contributed by atoms with Gasteiger partial charge in [-0.25, -0.2) is 18.1 Å². The summed E-state index contributed by atoms with van der Waals surface area (Å²) in [4.78, 5) is 3.92. The molecule has 7 nitrogen and oxygen atoms in total. The van der Waals surface area contributed by atoms with Crippen molar-refractivity contribution in [2.24, 2.45) is 11.8 Å². The van der Waals surface area contributed by atoms with Gasteiger partial charge in [-0.3, -0.25) is 5.84 Å². The molecule has 2 fully saturated rings. The molecule has 0 spiro atoms. The Hall–Kier alpha value is -1.22. The Morgan fingerprint density at radius 1 is 1.35 bits per heavy atom. The zero-order chi connectivity index (χ0) is 14.2. The average molecular weight is 298 g/mol. The molecule has 3 rings (SSSR count). The highest BCUT2D eigenvalue weighted by Crippen LogP contribution is 2.39. The lowest BCUT2D eigenvalue weighted by Gasteiger charge is -2.19. The highest BCUT2D eigenvalue weighted by Gasteiger charge is 2.42. The van der Waals surface area contributed by atoms with Crippen molar-refractivity contribution in [3.05, 3.63) is 18.3 Å². The average Bonchev–Trinajstić information content (AvgIpc) is 3.19. The van der Waals surface area contributed by atoms with Crippen molar-refractivity contribution in [1.29, 1.82) is 0 Å². The number of rotatable bonds is 5. The molecule has 8 heteroatoms. The van der Waals surface area contributed by atoms with Crippen molar-refractivity contribution >= 4 is 15.7 Å². The van der Waals surface area contributed by atoms with Crippen LogP contribution in [-0.2, 0) is 14.8 Å². The number of hydrogen-bond donors (Lipinski definition) is 3. The summed E-state index contributed by atoms with van der Waals surface area (Å²) in [5.41, 5.74) is 2.64. The molecule has 0 amide bonds. The van der Waals surface area contributed by atoms with Gasteiger partial charge in [0.25, 0.3) is 10.0 Å². The van der Waals surface area contributed by atoms with Crippen LogP contribution >= 0.6 is 0 Å². The normalized spacial score (nSPS) is 26.6. The summed E-state index contributed by atoms with van der Waals surface area (Å²) < 4.78 is 33.2. The largest absolute Gasteiger partial charge is 0.376 e. The van der Waals surface area contributed by atoms with Gasteiger partial charge in [0, 0.05) is 12.8 Å². The molecular weight excluding hydrogens is 280 g/mol. The van der Waals surface area contributed by atoms with E-state index in [0.29, 0.717) is 18.9 Å². The van der Waals surface area contributed by atoms with Gasteiger partial charge in [-0.05, 0) is 37.3 Å². The third-order valence-corrected chi connectivity index (χ3v) is 5.16. The zero-order valence-corrected chi connectivity index (χ0v) is 11.8. The highest BCUT2D eigenvalue weighted by molar-refractivity contribution is 7.89. The van der Waals surface area contributed by atoms with Crippen molar-refractivity contribution in [3.8, 4) is 0 Å². The van der Waals surface area contributed by atoms with E-state index >= 15 is 0 Å².